The third-order valence-electron chi connectivity index (χ3n) is 5.27. The number of halogens is 2. The lowest BCUT2D eigenvalue weighted by Crippen LogP contribution is -2.33. The van der Waals surface area contributed by atoms with E-state index in [0.717, 1.165) is 34.6 Å². The molecule has 0 fully saturated rings. The number of aryl methyl sites for hydroxylation is 1. The lowest BCUT2D eigenvalue weighted by atomic mass is 9.95. The average Bonchev–Trinajstić information content (AvgIpc) is 3.14. The summed E-state index contributed by atoms with van der Waals surface area (Å²) in [7, 11) is 0. The summed E-state index contributed by atoms with van der Waals surface area (Å²) in [5.74, 6) is 0.474. The van der Waals surface area contributed by atoms with Crippen LogP contribution in [0.15, 0.2) is 71.8 Å². The minimum absolute atomic E-state index is 0.00739. The van der Waals surface area contributed by atoms with Crippen LogP contribution in [0.2, 0.25) is 5.02 Å². The maximum atomic E-state index is 13.9. The van der Waals surface area contributed by atoms with Crippen LogP contribution in [0.25, 0.3) is 0 Å². The van der Waals surface area contributed by atoms with Gasteiger partial charge in [-0.15, -0.1) is 0 Å². The topological polar surface area (TPSA) is 24.8 Å². The fourth-order valence-electron chi connectivity index (χ4n) is 3.86. The Morgan fingerprint density at radius 1 is 1.07 bits per heavy atom. The van der Waals surface area contributed by atoms with E-state index in [1.54, 1.807) is 6.07 Å². The van der Waals surface area contributed by atoms with Gasteiger partial charge in [0, 0.05) is 22.6 Å². The van der Waals surface area contributed by atoms with E-state index in [2.05, 4.69) is 31.2 Å². The molecule has 140 valence electrons. The average molecular weight is 393 g/mol. The van der Waals surface area contributed by atoms with E-state index in [1.807, 2.05) is 29.3 Å². The second-order valence-corrected chi connectivity index (χ2v) is 7.66. The Morgan fingerprint density at radius 3 is 2.68 bits per heavy atom. The summed E-state index contributed by atoms with van der Waals surface area (Å²) in [5, 5.41) is 7.48. The number of ether oxygens (including phenoxy) is 1. The summed E-state index contributed by atoms with van der Waals surface area (Å²) in [6.45, 7) is 2.07. The van der Waals surface area contributed by atoms with Crippen molar-refractivity contribution >= 4 is 17.3 Å². The van der Waals surface area contributed by atoms with Crippen LogP contribution >= 0.6 is 11.6 Å². The molecule has 0 bridgehead atoms. The van der Waals surface area contributed by atoms with Crippen LogP contribution < -0.4 is 4.74 Å². The molecule has 2 unspecified atom stereocenters. The molecule has 3 nitrogen and oxygen atoms in total. The van der Waals surface area contributed by atoms with Gasteiger partial charge in [0.15, 0.2) is 0 Å². The van der Waals surface area contributed by atoms with Gasteiger partial charge in [-0.1, -0.05) is 53.6 Å². The molecule has 5 heteroatoms. The molecule has 0 spiro atoms. The third-order valence-corrected chi connectivity index (χ3v) is 5.51. The zero-order chi connectivity index (χ0) is 19.3. The smallest absolute Gasteiger partial charge is 0.213 e. The molecule has 0 saturated heterocycles. The number of hydrogen-bond acceptors (Lipinski definition) is 3. The van der Waals surface area contributed by atoms with Crippen molar-refractivity contribution in [1.29, 1.82) is 0 Å². The fourth-order valence-corrected chi connectivity index (χ4v) is 4.04. The highest BCUT2D eigenvalue weighted by molar-refractivity contribution is 6.30. The number of nitrogens with zero attached hydrogens (tertiary/aromatic N) is 2. The molecule has 2 aliphatic heterocycles. The summed E-state index contributed by atoms with van der Waals surface area (Å²) < 4.78 is 20.1. The Bertz CT molecular complexity index is 1080. The van der Waals surface area contributed by atoms with Crippen molar-refractivity contribution in [3.05, 3.63) is 99.8 Å². The molecule has 28 heavy (non-hydrogen) atoms. The van der Waals surface area contributed by atoms with Gasteiger partial charge < -0.3 is 4.74 Å². The Hall–Kier alpha value is -2.85. The molecular formula is C23H18ClFN2O. The van der Waals surface area contributed by atoms with Crippen LogP contribution in [0.1, 0.15) is 40.9 Å². The molecule has 2 heterocycles. The molecular weight excluding hydrogens is 375 g/mol. The fraction of sp³-hybridized carbons (Fsp3) is 0.174. The van der Waals surface area contributed by atoms with Crippen LogP contribution in [-0.4, -0.2) is 10.7 Å². The van der Waals surface area contributed by atoms with Crippen LogP contribution in [0.3, 0.4) is 0 Å². The predicted molar refractivity (Wildman–Crippen MR) is 108 cm³/mol. The van der Waals surface area contributed by atoms with Gasteiger partial charge in [0.05, 0.1) is 11.8 Å². The van der Waals surface area contributed by atoms with E-state index >= 15 is 0 Å². The van der Waals surface area contributed by atoms with Crippen molar-refractivity contribution in [1.82, 2.24) is 5.01 Å². The minimum Gasteiger partial charge on any atom is -0.464 e. The number of hydrogen-bond donors (Lipinski definition) is 0. The SMILES string of the molecule is Cc1ccc(C2=NN3C(C2)c2cc(Cl)ccc2OC3c2cccc(F)c2)cc1. The Balaban J connectivity index is 1.61. The molecule has 2 aliphatic rings. The van der Waals surface area contributed by atoms with Crippen LogP contribution in [0.4, 0.5) is 4.39 Å². The van der Waals surface area contributed by atoms with Crippen molar-refractivity contribution in [3.63, 3.8) is 0 Å². The van der Waals surface area contributed by atoms with Crippen LogP contribution in [0.5, 0.6) is 5.75 Å². The van der Waals surface area contributed by atoms with Crippen LogP contribution in [-0.2, 0) is 0 Å². The van der Waals surface area contributed by atoms with Gasteiger partial charge in [0.2, 0.25) is 6.23 Å². The van der Waals surface area contributed by atoms with E-state index in [0.29, 0.717) is 5.02 Å². The first kappa shape index (κ1) is 17.3. The second-order valence-electron chi connectivity index (χ2n) is 7.22. The number of hydrazone groups is 1. The highest BCUT2D eigenvalue weighted by Crippen LogP contribution is 2.48. The summed E-state index contributed by atoms with van der Waals surface area (Å²) in [4.78, 5) is 0. The van der Waals surface area contributed by atoms with Gasteiger partial charge in [-0.25, -0.2) is 9.40 Å². The summed E-state index contributed by atoms with van der Waals surface area (Å²) in [5.41, 5.74) is 5.02. The Labute approximate surface area is 168 Å². The number of benzene rings is 3. The van der Waals surface area contributed by atoms with Gasteiger partial charge in [-0.3, -0.25) is 0 Å². The molecule has 5 rings (SSSR count). The van der Waals surface area contributed by atoms with E-state index in [1.165, 1.54) is 17.7 Å². The van der Waals surface area contributed by atoms with Crippen molar-refractivity contribution in [2.24, 2.45) is 5.10 Å². The number of rotatable bonds is 2. The quantitative estimate of drug-likeness (QED) is 0.532. The first-order chi connectivity index (χ1) is 13.6. The lowest BCUT2D eigenvalue weighted by Gasteiger charge is -2.38. The van der Waals surface area contributed by atoms with Gasteiger partial charge in [-0.05, 0) is 42.8 Å². The van der Waals surface area contributed by atoms with Crippen LogP contribution in [0, 0.1) is 12.7 Å². The van der Waals surface area contributed by atoms with E-state index in [-0.39, 0.29) is 11.9 Å². The highest BCUT2D eigenvalue weighted by Gasteiger charge is 2.41. The maximum absolute atomic E-state index is 13.9. The molecule has 0 radical (unpaired) electrons. The molecule has 0 amide bonds. The molecule has 2 atom stereocenters. The van der Waals surface area contributed by atoms with Crippen molar-refractivity contribution in [3.8, 4) is 5.75 Å². The molecule has 0 saturated carbocycles. The monoisotopic (exact) mass is 392 g/mol. The zero-order valence-corrected chi connectivity index (χ0v) is 16.0. The molecule has 3 aromatic rings. The Kier molecular flexibility index (Phi) is 4.09. The van der Waals surface area contributed by atoms with Gasteiger partial charge in [0.25, 0.3) is 0 Å². The summed E-state index contributed by atoms with van der Waals surface area (Å²) in [6, 6.07) is 20.5. The molecule has 0 aromatic heterocycles. The first-order valence-electron chi connectivity index (χ1n) is 9.23. The third kappa shape index (κ3) is 2.94. The summed E-state index contributed by atoms with van der Waals surface area (Å²) in [6.07, 6.45) is 0.253. The van der Waals surface area contributed by atoms with Crippen molar-refractivity contribution in [2.75, 3.05) is 0 Å². The lowest BCUT2D eigenvalue weighted by molar-refractivity contribution is -0.0192. The van der Waals surface area contributed by atoms with Gasteiger partial charge in [-0.2, -0.15) is 5.10 Å². The largest absolute Gasteiger partial charge is 0.464 e. The molecule has 0 aliphatic carbocycles. The Morgan fingerprint density at radius 2 is 1.89 bits per heavy atom. The van der Waals surface area contributed by atoms with Crippen molar-refractivity contribution < 1.29 is 9.13 Å². The van der Waals surface area contributed by atoms with Crippen molar-refractivity contribution in [2.45, 2.75) is 25.6 Å². The van der Waals surface area contributed by atoms with E-state index in [9.17, 15) is 4.39 Å². The zero-order valence-electron chi connectivity index (χ0n) is 15.3. The normalized spacial score (nSPS) is 20.2. The van der Waals surface area contributed by atoms with E-state index < -0.39 is 6.23 Å². The highest BCUT2D eigenvalue weighted by atomic mass is 35.5. The van der Waals surface area contributed by atoms with Gasteiger partial charge in [0.1, 0.15) is 11.6 Å². The summed E-state index contributed by atoms with van der Waals surface area (Å²) >= 11 is 6.25. The molecule has 0 N–H and O–H groups in total. The maximum Gasteiger partial charge on any atom is 0.213 e. The second kappa shape index (κ2) is 6.64. The molecule has 3 aromatic carbocycles. The minimum atomic E-state index is -0.489. The predicted octanol–water partition coefficient (Wildman–Crippen LogP) is 6.03. The standard InChI is InChI=1S/C23H18ClFN2O/c1-14-5-7-15(8-6-14)20-13-21-19-12-17(24)9-10-22(19)28-23(27(21)26-20)16-3-2-4-18(25)11-16/h2-12,21,23H,13H2,1H3. The van der Waals surface area contributed by atoms with E-state index in [4.69, 9.17) is 21.4 Å². The first-order valence-corrected chi connectivity index (χ1v) is 9.61. The van der Waals surface area contributed by atoms with Gasteiger partial charge >= 0.3 is 0 Å². The number of fused-ring (bicyclic) bond motifs is 3.